The molecule has 0 aliphatic rings. The molecule has 0 saturated heterocycles. The van der Waals surface area contributed by atoms with Gasteiger partial charge in [0.25, 0.3) is 5.91 Å². The van der Waals surface area contributed by atoms with Crippen LogP contribution in [0, 0.1) is 12.3 Å². The highest BCUT2D eigenvalue weighted by molar-refractivity contribution is 5.84. The Morgan fingerprint density at radius 3 is 1.94 bits per heavy atom. The molecule has 2 aromatic rings. The molecule has 3 atom stereocenters. The van der Waals surface area contributed by atoms with Crippen molar-refractivity contribution in [1.29, 1.82) is 5.41 Å². The van der Waals surface area contributed by atoms with E-state index < -0.39 is 18.1 Å². The summed E-state index contributed by atoms with van der Waals surface area (Å²) in [4.78, 5) is 27.0. The molecule has 0 aliphatic carbocycles. The maximum absolute atomic E-state index is 11.6. The summed E-state index contributed by atoms with van der Waals surface area (Å²) in [6.07, 6.45) is 0.522. The van der Waals surface area contributed by atoms with E-state index in [1.54, 1.807) is 24.4 Å². The van der Waals surface area contributed by atoms with Crippen molar-refractivity contribution in [2.75, 3.05) is 21.1 Å². The molecular formula is C27H45N5O4. The topological polar surface area (TPSA) is 139 Å². The van der Waals surface area contributed by atoms with Crippen LogP contribution in [0.25, 0.3) is 0 Å². The van der Waals surface area contributed by atoms with Crippen LogP contribution in [-0.4, -0.2) is 83.9 Å². The first-order valence-electron chi connectivity index (χ1n) is 11.8. The number of carbonyl (C=O) groups is 2. The Morgan fingerprint density at radius 1 is 1.06 bits per heavy atom. The molecule has 9 nitrogen and oxygen atoms in total. The number of aliphatic hydroxyl groups is 2. The monoisotopic (exact) mass is 503 g/mol. The normalized spacial score (nSPS) is 12.2. The van der Waals surface area contributed by atoms with Gasteiger partial charge >= 0.3 is 0 Å². The second-order valence-corrected chi connectivity index (χ2v) is 8.31. The number of nitrogens with zero attached hydrogens (tertiary/aromatic N) is 2. The Kier molecular flexibility index (Phi) is 22.0. The zero-order chi connectivity index (χ0) is 27.9. The quantitative estimate of drug-likeness (QED) is 0.261. The van der Waals surface area contributed by atoms with Gasteiger partial charge in [0, 0.05) is 25.3 Å². The lowest BCUT2D eigenvalue weighted by atomic mass is 10.2. The van der Waals surface area contributed by atoms with Crippen LogP contribution in [0.15, 0.2) is 54.7 Å². The van der Waals surface area contributed by atoms with Crippen LogP contribution in [0.3, 0.4) is 0 Å². The number of aryl methyl sites for hydroxylation is 1. The Bertz CT molecular complexity index is 806. The van der Waals surface area contributed by atoms with Gasteiger partial charge in [-0.3, -0.25) is 9.78 Å². The average Bonchev–Trinajstić information content (AvgIpc) is 2.89. The predicted octanol–water partition coefficient (Wildman–Crippen LogP) is 2.20. The summed E-state index contributed by atoms with van der Waals surface area (Å²) >= 11 is 0. The van der Waals surface area contributed by atoms with E-state index in [1.807, 2.05) is 39.2 Å². The van der Waals surface area contributed by atoms with Gasteiger partial charge < -0.3 is 36.0 Å². The fraction of sp³-hybridized carbons (Fsp3) is 0.481. The zero-order valence-electron chi connectivity index (χ0n) is 22.7. The molecule has 0 bridgehead atoms. The highest BCUT2D eigenvalue weighted by Crippen LogP contribution is 2.03. The second-order valence-electron chi connectivity index (χ2n) is 8.31. The molecule has 2 unspecified atom stereocenters. The lowest BCUT2D eigenvalue weighted by Gasteiger charge is -2.21. The average molecular weight is 504 g/mol. The molecule has 5 N–H and O–H groups in total. The van der Waals surface area contributed by atoms with Gasteiger partial charge in [0.2, 0.25) is 0 Å². The number of pyridine rings is 1. The lowest BCUT2D eigenvalue weighted by molar-refractivity contribution is -0.148. The fourth-order valence-corrected chi connectivity index (χ4v) is 2.09. The molecule has 0 spiro atoms. The summed E-state index contributed by atoms with van der Waals surface area (Å²) in [6.45, 7) is 8.55. The van der Waals surface area contributed by atoms with Crippen LogP contribution in [0.2, 0.25) is 0 Å². The van der Waals surface area contributed by atoms with Gasteiger partial charge in [0.15, 0.2) is 12.4 Å². The molecule has 9 heteroatoms. The highest BCUT2D eigenvalue weighted by atomic mass is 16.3. The third kappa shape index (κ3) is 19.3. The van der Waals surface area contributed by atoms with Gasteiger partial charge in [-0.25, -0.2) is 0 Å². The Labute approximate surface area is 216 Å². The van der Waals surface area contributed by atoms with E-state index in [-0.39, 0.29) is 12.8 Å². The third-order valence-corrected chi connectivity index (χ3v) is 4.70. The van der Waals surface area contributed by atoms with Gasteiger partial charge in [-0.15, -0.1) is 0 Å². The van der Waals surface area contributed by atoms with Crippen LogP contribution in [0.1, 0.15) is 38.4 Å². The molecule has 0 saturated carbocycles. The minimum Gasteiger partial charge on any atom is -0.382 e. The number of hydrogen-bond donors (Lipinski definition) is 5. The summed E-state index contributed by atoms with van der Waals surface area (Å²) in [5.41, 5.74) is 1.97. The fourth-order valence-electron chi connectivity index (χ4n) is 2.09. The molecule has 36 heavy (non-hydrogen) atoms. The Balaban J connectivity index is 0. The maximum Gasteiger partial charge on any atom is 0.254 e. The van der Waals surface area contributed by atoms with Crippen LogP contribution >= 0.6 is 0 Å². The Morgan fingerprint density at radius 2 is 1.61 bits per heavy atom. The van der Waals surface area contributed by atoms with E-state index in [0.717, 1.165) is 6.42 Å². The van der Waals surface area contributed by atoms with Crippen LogP contribution < -0.4 is 10.6 Å². The Hall–Kier alpha value is -2.98. The van der Waals surface area contributed by atoms with Gasteiger partial charge in [0.1, 0.15) is 6.10 Å². The summed E-state index contributed by atoms with van der Waals surface area (Å²) in [6, 6.07) is 16.6. The molecular weight excluding hydrogens is 458 g/mol. The second kappa shape index (κ2) is 22.5. The number of aliphatic hydroxyl groups excluding tert-OH is 2. The number of aldehydes is 1. The summed E-state index contributed by atoms with van der Waals surface area (Å²) in [5.74, 6) is -0.727. The molecule has 0 fully saturated rings. The molecule has 1 aromatic heterocycles. The number of rotatable bonds is 9. The smallest absolute Gasteiger partial charge is 0.254 e. The number of aromatic nitrogens is 1. The van der Waals surface area contributed by atoms with Crippen LogP contribution in [0.5, 0.6) is 0 Å². The van der Waals surface area contributed by atoms with E-state index >= 15 is 0 Å². The molecule has 0 aliphatic heterocycles. The van der Waals surface area contributed by atoms with Crippen LogP contribution in [0.4, 0.5) is 0 Å². The van der Waals surface area contributed by atoms with Gasteiger partial charge in [-0.05, 0) is 52.7 Å². The minimum atomic E-state index is -1.73. The van der Waals surface area contributed by atoms with Gasteiger partial charge in [0.05, 0.1) is 12.2 Å². The summed E-state index contributed by atoms with van der Waals surface area (Å²) in [7, 11) is 5.30. The summed E-state index contributed by atoms with van der Waals surface area (Å²) in [5, 5.41) is 31.1. The van der Waals surface area contributed by atoms with Crippen molar-refractivity contribution in [3.05, 3.63) is 66.0 Å². The lowest BCUT2D eigenvalue weighted by Crippen LogP contribution is -2.43. The van der Waals surface area contributed by atoms with Crippen molar-refractivity contribution in [3.8, 4) is 0 Å². The standard InChI is InChI=1S/C11H14N2O4.C7H8.C5H12N2.C4H11N/c1-13(6-8-4-2-3-5-12-8)11(17)10(16)9(15)7-14;1-7-5-3-2-4-6-7;1-5(7-2)3-4-6;1-4(2)5-3/h2-5,7,9-10,15-16H,6H2,1H3;2-6H,1H3;4-7H,3H2,1-2H3;4-5H,1-3H3/t9-,10?;;;/m0.../s1. The highest BCUT2D eigenvalue weighted by Gasteiger charge is 2.26. The van der Waals surface area contributed by atoms with Crippen molar-refractivity contribution in [1.82, 2.24) is 20.5 Å². The van der Waals surface area contributed by atoms with E-state index in [1.165, 1.54) is 23.7 Å². The maximum atomic E-state index is 11.6. The largest absolute Gasteiger partial charge is 0.382 e. The van der Waals surface area contributed by atoms with E-state index in [9.17, 15) is 14.7 Å². The molecule has 1 amide bonds. The first-order chi connectivity index (χ1) is 17.0. The number of amides is 1. The number of nitrogens with one attached hydrogen (secondary N) is 3. The van der Waals surface area contributed by atoms with Crippen molar-refractivity contribution in [3.63, 3.8) is 0 Å². The SMILES string of the molecule is CN(Cc1ccccn1)C(=O)C(O)[C@@H](O)C=O.CNC(C)C.CNC(C)CC=N.Cc1ccccc1. The minimum absolute atomic E-state index is 0.122. The number of hydrogen-bond acceptors (Lipinski definition) is 8. The van der Waals surface area contributed by atoms with E-state index in [4.69, 9.17) is 10.5 Å². The zero-order valence-corrected chi connectivity index (χ0v) is 22.7. The predicted molar refractivity (Wildman–Crippen MR) is 146 cm³/mol. The summed E-state index contributed by atoms with van der Waals surface area (Å²) < 4.78 is 0. The van der Waals surface area contributed by atoms with E-state index in [2.05, 4.69) is 48.5 Å². The first-order valence-corrected chi connectivity index (χ1v) is 11.8. The van der Waals surface area contributed by atoms with Crippen molar-refractivity contribution >= 4 is 18.4 Å². The number of carbonyl (C=O) groups excluding carboxylic acids is 2. The van der Waals surface area contributed by atoms with Crippen LogP contribution in [-0.2, 0) is 16.1 Å². The van der Waals surface area contributed by atoms with Crippen molar-refractivity contribution in [2.45, 2.75) is 65.0 Å². The number of likely N-dealkylation sites (N-methyl/N-ethyl adjacent to an activating group) is 1. The molecule has 0 radical (unpaired) electrons. The number of benzene rings is 1. The molecule has 1 aromatic carbocycles. The molecule has 2 rings (SSSR count). The van der Waals surface area contributed by atoms with Gasteiger partial charge in [-0.2, -0.15) is 0 Å². The molecule has 202 valence electrons. The van der Waals surface area contributed by atoms with Crippen molar-refractivity contribution < 1.29 is 19.8 Å². The third-order valence-electron chi connectivity index (χ3n) is 4.70. The first kappa shape index (κ1) is 35.2. The van der Waals surface area contributed by atoms with E-state index in [0.29, 0.717) is 17.8 Å². The van der Waals surface area contributed by atoms with Gasteiger partial charge in [-0.1, -0.05) is 55.8 Å². The van der Waals surface area contributed by atoms with Crippen molar-refractivity contribution in [2.24, 2.45) is 0 Å². The molecule has 1 heterocycles.